The number of likely N-dealkylation sites (N-methyl/N-ethyl adjacent to an activating group) is 1. The molecule has 1 aromatic rings. The maximum Gasteiger partial charge on any atom is 0.139 e. The van der Waals surface area contributed by atoms with Crippen molar-refractivity contribution in [2.45, 2.75) is 26.8 Å². The van der Waals surface area contributed by atoms with Crippen molar-refractivity contribution in [1.82, 2.24) is 9.88 Å². The summed E-state index contributed by atoms with van der Waals surface area (Å²) in [4.78, 5) is 9.80. The Morgan fingerprint density at radius 1 is 1.42 bits per heavy atom. The Morgan fingerprint density at radius 2 is 2.11 bits per heavy atom. The van der Waals surface area contributed by atoms with Gasteiger partial charge in [0.1, 0.15) is 10.8 Å². The van der Waals surface area contributed by atoms with E-state index in [0.29, 0.717) is 11.0 Å². The number of anilines is 1. The van der Waals surface area contributed by atoms with Gasteiger partial charge in [-0.05, 0) is 39.4 Å². The molecule has 0 bridgehead atoms. The molecule has 1 aliphatic rings. The summed E-state index contributed by atoms with van der Waals surface area (Å²) in [5, 5.41) is 0. The normalized spacial score (nSPS) is 20.6. The fraction of sp³-hybridized carbons (Fsp3) is 0.571. The predicted molar refractivity (Wildman–Crippen MR) is 83.9 cm³/mol. The van der Waals surface area contributed by atoms with Crippen LogP contribution >= 0.6 is 12.2 Å². The third-order valence-corrected chi connectivity index (χ3v) is 3.88. The van der Waals surface area contributed by atoms with Crippen LogP contribution in [0.1, 0.15) is 23.7 Å². The molecule has 5 heteroatoms. The first-order valence-corrected chi connectivity index (χ1v) is 7.04. The molecule has 2 N–H and O–H groups in total. The van der Waals surface area contributed by atoms with Gasteiger partial charge in [-0.3, -0.25) is 0 Å². The van der Waals surface area contributed by atoms with Crippen LogP contribution in [0, 0.1) is 13.8 Å². The van der Waals surface area contributed by atoms with Gasteiger partial charge in [-0.15, -0.1) is 0 Å². The fourth-order valence-electron chi connectivity index (χ4n) is 2.78. The lowest BCUT2D eigenvalue weighted by atomic mass is 10.1. The zero-order chi connectivity index (χ0) is 14.2. The van der Waals surface area contributed by atoms with E-state index in [9.17, 15) is 0 Å². The average molecular weight is 278 g/mol. The summed E-state index contributed by atoms with van der Waals surface area (Å²) in [5.41, 5.74) is 8.95. The maximum atomic E-state index is 5.90. The minimum atomic E-state index is 0.417. The minimum absolute atomic E-state index is 0.417. The zero-order valence-corrected chi connectivity index (χ0v) is 12.9. The number of rotatable bonds is 2. The van der Waals surface area contributed by atoms with Crippen molar-refractivity contribution in [3.63, 3.8) is 0 Å². The van der Waals surface area contributed by atoms with Gasteiger partial charge in [0.25, 0.3) is 0 Å². The molecular weight excluding hydrogens is 256 g/mol. The van der Waals surface area contributed by atoms with Crippen LogP contribution < -0.4 is 10.6 Å². The van der Waals surface area contributed by atoms with Crippen molar-refractivity contribution in [3.05, 3.63) is 22.9 Å². The molecule has 4 nitrogen and oxygen atoms in total. The summed E-state index contributed by atoms with van der Waals surface area (Å²) in [6.45, 7) is 9.32. The summed E-state index contributed by atoms with van der Waals surface area (Å²) in [6, 6.07) is 2.46. The first-order valence-electron chi connectivity index (χ1n) is 6.63. The number of pyridine rings is 1. The number of thiocarbonyl (C=S) groups is 1. The first-order chi connectivity index (χ1) is 8.90. The topological polar surface area (TPSA) is 45.4 Å². The molecule has 104 valence electrons. The molecule has 1 aliphatic heterocycles. The monoisotopic (exact) mass is 278 g/mol. The average Bonchev–Trinajstić information content (AvgIpc) is 2.26. The third-order valence-electron chi connectivity index (χ3n) is 3.67. The second-order valence-electron chi connectivity index (χ2n) is 5.45. The summed E-state index contributed by atoms with van der Waals surface area (Å²) >= 11 is 5.21. The highest BCUT2D eigenvalue weighted by Gasteiger charge is 2.26. The molecule has 2 rings (SSSR count). The molecule has 1 fully saturated rings. The van der Waals surface area contributed by atoms with Gasteiger partial charge in [0.05, 0.1) is 5.56 Å². The Balaban J connectivity index is 2.46. The second kappa shape index (κ2) is 5.43. The van der Waals surface area contributed by atoms with Gasteiger partial charge < -0.3 is 15.5 Å². The molecule has 1 unspecified atom stereocenters. The molecule has 19 heavy (non-hydrogen) atoms. The number of aromatic nitrogens is 1. The standard InChI is InChI=1S/C14H22N4S/c1-9-7-10(2)16-14(12(9)13(15)19)18-6-5-17(4)8-11(18)3/h7,11H,5-6,8H2,1-4H3,(H2,15,19). The van der Waals surface area contributed by atoms with Crippen molar-refractivity contribution >= 4 is 23.0 Å². The van der Waals surface area contributed by atoms with Gasteiger partial charge >= 0.3 is 0 Å². The number of hydrogen-bond acceptors (Lipinski definition) is 4. The number of aryl methyl sites for hydroxylation is 2. The highest BCUT2D eigenvalue weighted by molar-refractivity contribution is 7.80. The van der Waals surface area contributed by atoms with Crippen LogP contribution in [0.4, 0.5) is 5.82 Å². The zero-order valence-electron chi connectivity index (χ0n) is 12.1. The smallest absolute Gasteiger partial charge is 0.139 e. The van der Waals surface area contributed by atoms with Crippen molar-refractivity contribution in [2.75, 3.05) is 31.6 Å². The SMILES string of the molecule is Cc1cc(C)c(C(N)=S)c(N2CCN(C)CC2C)n1. The Bertz CT molecular complexity index is 500. The molecule has 0 aliphatic carbocycles. The molecule has 0 radical (unpaired) electrons. The lowest BCUT2D eigenvalue weighted by Crippen LogP contribution is -2.51. The highest BCUT2D eigenvalue weighted by atomic mass is 32.1. The minimum Gasteiger partial charge on any atom is -0.389 e. The molecule has 2 heterocycles. The maximum absolute atomic E-state index is 5.90. The van der Waals surface area contributed by atoms with E-state index in [4.69, 9.17) is 22.9 Å². The van der Waals surface area contributed by atoms with Crippen LogP contribution in [0.3, 0.4) is 0 Å². The van der Waals surface area contributed by atoms with Gasteiger partial charge in [-0.1, -0.05) is 12.2 Å². The molecule has 0 spiro atoms. The van der Waals surface area contributed by atoms with Crippen LogP contribution in [0.5, 0.6) is 0 Å². The van der Waals surface area contributed by atoms with E-state index in [1.165, 1.54) is 0 Å². The van der Waals surface area contributed by atoms with Gasteiger partial charge in [0, 0.05) is 31.4 Å². The Labute approximate surface area is 120 Å². The first kappa shape index (κ1) is 14.2. The largest absolute Gasteiger partial charge is 0.389 e. The highest BCUT2D eigenvalue weighted by Crippen LogP contribution is 2.25. The summed E-state index contributed by atoms with van der Waals surface area (Å²) in [6.07, 6.45) is 0. The van der Waals surface area contributed by atoms with E-state index >= 15 is 0 Å². The fourth-order valence-corrected chi connectivity index (χ4v) is 3.04. The number of hydrogen-bond donors (Lipinski definition) is 1. The van der Waals surface area contributed by atoms with E-state index in [1.807, 2.05) is 19.9 Å². The molecular formula is C14H22N4S. The van der Waals surface area contributed by atoms with E-state index in [2.05, 4.69) is 23.8 Å². The summed E-state index contributed by atoms with van der Waals surface area (Å²) < 4.78 is 0. The number of nitrogens with two attached hydrogens (primary N) is 1. The Kier molecular flexibility index (Phi) is 4.06. The Morgan fingerprint density at radius 3 is 2.68 bits per heavy atom. The van der Waals surface area contributed by atoms with Gasteiger partial charge in [-0.2, -0.15) is 0 Å². The summed E-state index contributed by atoms with van der Waals surface area (Å²) in [7, 11) is 2.15. The van der Waals surface area contributed by atoms with Crippen LogP contribution in [0.15, 0.2) is 6.07 Å². The quantitative estimate of drug-likeness (QED) is 0.830. The number of piperazine rings is 1. The van der Waals surface area contributed by atoms with E-state index in [-0.39, 0.29) is 0 Å². The molecule has 1 aromatic heterocycles. The van der Waals surface area contributed by atoms with E-state index in [0.717, 1.165) is 42.3 Å². The number of nitrogens with zero attached hydrogens (tertiary/aromatic N) is 3. The molecule has 0 saturated carbocycles. The third kappa shape index (κ3) is 2.87. The molecule has 0 aromatic carbocycles. The van der Waals surface area contributed by atoms with E-state index < -0.39 is 0 Å². The van der Waals surface area contributed by atoms with Crippen molar-refractivity contribution < 1.29 is 0 Å². The van der Waals surface area contributed by atoms with E-state index in [1.54, 1.807) is 0 Å². The van der Waals surface area contributed by atoms with Crippen molar-refractivity contribution in [1.29, 1.82) is 0 Å². The van der Waals surface area contributed by atoms with Gasteiger partial charge in [0.2, 0.25) is 0 Å². The lowest BCUT2D eigenvalue weighted by molar-refractivity contribution is 0.274. The van der Waals surface area contributed by atoms with Crippen molar-refractivity contribution in [3.8, 4) is 0 Å². The predicted octanol–water partition coefficient (Wildman–Crippen LogP) is 1.47. The Hall–Kier alpha value is -1.20. The van der Waals surface area contributed by atoms with Crippen LogP contribution in [-0.4, -0.2) is 47.6 Å². The van der Waals surface area contributed by atoms with Gasteiger partial charge in [0.15, 0.2) is 0 Å². The molecule has 0 amide bonds. The molecule has 1 saturated heterocycles. The van der Waals surface area contributed by atoms with Crippen LogP contribution in [0.2, 0.25) is 0 Å². The summed E-state index contributed by atoms with van der Waals surface area (Å²) in [5.74, 6) is 0.950. The van der Waals surface area contributed by atoms with Gasteiger partial charge in [-0.25, -0.2) is 4.98 Å². The van der Waals surface area contributed by atoms with Crippen molar-refractivity contribution in [2.24, 2.45) is 5.73 Å². The van der Waals surface area contributed by atoms with Crippen LogP contribution in [0.25, 0.3) is 0 Å². The van der Waals surface area contributed by atoms with Crippen LogP contribution in [-0.2, 0) is 0 Å². The molecule has 1 atom stereocenters. The lowest BCUT2D eigenvalue weighted by Gasteiger charge is -2.40. The second-order valence-corrected chi connectivity index (χ2v) is 5.89.